The van der Waals surface area contributed by atoms with E-state index < -0.39 is 10.0 Å². The van der Waals surface area contributed by atoms with Crippen LogP contribution in [0.25, 0.3) is 11.4 Å². The van der Waals surface area contributed by atoms with Gasteiger partial charge in [0.2, 0.25) is 15.8 Å². The van der Waals surface area contributed by atoms with E-state index in [1.54, 1.807) is 0 Å². The molecular formula is C9H11N5O2S. The average molecular weight is 253 g/mol. The van der Waals surface area contributed by atoms with Crippen LogP contribution in [0.1, 0.15) is 0 Å². The van der Waals surface area contributed by atoms with E-state index in [4.69, 9.17) is 5.14 Å². The van der Waals surface area contributed by atoms with Crippen molar-refractivity contribution >= 4 is 10.0 Å². The second-order valence-corrected chi connectivity index (χ2v) is 5.18. The number of aromatic nitrogens is 4. The predicted molar refractivity (Wildman–Crippen MR) is 61.2 cm³/mol. The number of nitrogens with zero attached hydrogens (tertiary/aromatic N) is 4. The third-order valence-electron chi connectivity index (χ3n) is 2.06. The van der Waals surface area contributed by atoms with Gasteiger partial charge < -0.3 is 0 Å². The van der Waals surface area contributed by atoms with Crippen LogP contribution in [-0.4, -0.2) is 34.4 Å². The maximum Gasteiger partial charge on any atom is 0.210 e. The molecule has 0 saturated carbocycles. The van der Waals surface area contributed by atoms with Crippen LogP contribution < -0.4 is 5.14 Å². The Bertz CT molecular complexity index is 593. The maximum absolute atomic E-state index is 10.8. The zero-order chi connectivity index (χ0) is 12.3. The third-order valence-corrected chi connectivity index (χ3v) is 2.81. The Morgan fingerprint density at radius 1 is 1.24 bits per heavy atom. The second-order valence-electron chi connectivity index (χ2n) is 3.44. The largest absolute Gasteiger partial charge is 0.229 e. The third kappa shape index (κ3) is 3.33. The highest BCUT2D eigenvalue weighted by molar-refractivity contribution is 7.89. The minimum absolute atomic E-state index is 0.0959. The predicted octanol–water partition coefficient (Wildman–Crippen LogP) is -0.371. The lowest BCUT2D eigenvalue weighted by molar-refractivity contribution is 0.538. The van der Waals surface area contributed by atoms with Crippen molar-refractivity contribution in [3.8, 4) is 11.4 Å². The lowest BCUT2D eigenvalue weighted by Gasteiger charge is -1.96. The molecule has 0 radical (unpaired) electrons. The molecule has 2 N–H and O–H groups in total. The number of tetrazole rings is 1. The van der Waals surface area contributed by atoms with Gasteiger partial charge in [-0.05, 0) is 5.21 Å². The molecule has 0 bridgehead atoms. The van der Waals surface area contributed by atoms with Crippen LogP contribution >= 0.6 is 0 Å². The number of primary sulfonamides is 1. The van der Waals surface area contributed by atoms with Gasteiger partial charge in [-0.2, -0.15) is 4.80 Å². The van der Waals surface area contributed by atoms with Gasteiger partial charge in [0.15, 0.2) is 0 Å². The van der Waals surface area contributed by atoms with E-state index in [2.05, 4.69) is 15.4 Å². The molecule has 0 spiro atoms. The van der Waals surface area contributed by atoms with Crippen molar-refractivity contribution in [3.05, 3.63) is 30.3 Å². The summed E-state index contributed by atoms with van der Waals surface area (Å²) in [5, 5.41) is 16.5. The highest BCUT2D eigenvalue weighted by Gasteiger charge is 2.08. The Kier molecular flexibility index (Phi) is 3.16. The molecule has 2 rings (SSSR count). The Morgan fingerprint density at radius 2 is 1.94 bits per heavy atom. The maximum atomic E-state index is 10.8. The number of nitrogens with two attached hydrogens (primary N) is 1. The summed E-state index contributed by atoms with van der Waals surface area (Å²) >= 11 is 0. The molecule has 0 atom stereocenters. The van der Waals surface area contributed by atoms with Crippen LogP contribution in [0.5, 0.6) is 0 Å². The first-order valence-corrected chi connectivity index (χ1v) is 6.60. The summed E-state index contributed by atoms with van der Waals surface area (Å²) in [5.41, 5.74) is 0.828. The summed E-state index contributed by atoms with van der Waals surface area (Å²) in [6, 6.07) is 9.30. The van der Waals surface area contributed by atoms with E-state index >= 15 is 0 Å². The van der Waals surface area contributed by atoms with Gasteiger partial charge >= 0.3 is 0 Å². The van der Waals surface area contributed by atoms with E-state index in [-0.39, 0.29) is 12.3 Å². The minimum Gasteiger partial charge on any atom is -0.229 e. The number of hydrogen-bond acceptors (Lipinski definition) is 5. The molecule has 1 aromatic carbocycles. The molecule has 1 aromatic heterocycles. The fourth-order valence-corrected chi connectivity index (χ4v) is 1.67. The van der Waals surface area contributed by atoms with Gasteiger partial charge in [-0.25, -0.2) is 13.6 Å². The van der Waals surface area contributed by atoms with Crippen molar-refractivity contribution in [1.82, 2.24) is 20.2 Å². The molecule has 0 amide bonds. The molecule has 1 heterocycles. The second kappa shape index (κ2) is 4.60. The Hall–Kier alpha value is -1.80. The number of aryl methyl sites for hydroxylation is 1. The highest BCUT2D eigenvalue weighted by atomic mass is 32.2. The summed E-state index contributed by atoms with van der Waals surface area (Å²) in [6.45, 7) is 0.0959. The molecule has 0 aliphatic rings. The van der Waals surface area contributed by atoms with Crippen molar-refractivity contribution in [3.63, 3.8) is 0 Å². The first-order chi connectivity index (χ1) is 8.04. The van der Waals surface area contributed by atoms with Crippen molar-refractivity contribution in [1.29, 1.82) is 0 Å². The Balaban J connectivity index is 2.12. The van der Waals surface area contributed by atoms with Gasteiger partial charge in [-0.1, -0.05) is 30.3 Å². The van der Waals surface area contributed by atoms with Gasteiger partial charge in [0.1, 0.15) is 0 Å². The topological polar surface area (TPSA) is 104 Å². The van der Waals surface area contributed by atoms with Gasteiger partial charge in [-0.15, -0.1) is 10.2 Å². The zero-order valence-corrected chi connectivity index (χ0v) is 9.71. The molecule has 7 nitrogen and oxygen atoms in total. The summed E-state index contributed by atoms with van der Waals surface area (Å²) in [6.07, 6.45) is 0. The van der Waals surface area contributed by atoms with E-state index in [0.29, 0.717) is 5.82 Å². The highest BCUT2D eigenvalue weighted by Crippen LogP contribution is 2.11. The van der Waals surface area contributed by atoms with Crippen LogP contribution in [0.3, 0.4) is 0 Å². The van der Waals surface area contributed by atoms with Crippen LogP contribution in [-0.2, 0) is 16.6 Å². The molecule has 17 heavy (non-hydrogen) atoms. The van der Waals surface area contributed by atoms with Gasteiger partial charge in [-0.3, -0.25) is 0 Å². The molecule has 0 aliphatic carbocycles. The van der Waals surface area contributed by atoms with E-state index in [1.165, 1.54) is 4.80 Å². The van der Waals surface area contributed by atoms with Crippen molar-refractivity contribution < 1.29 is 8.42 Å². The number of benzene rings is 1. The first kappa shape index (κ1) is 11.7. The fraction of sp³-hybridized carbons (Fsp3) is 0.222. The average Bonchev–Trinajstić information content (AvgIpc) is 2.75. The van der Waals surface area contributed by atoms with E-state index in [9.17, 15) is 8.42 Å². The minimum atomic E-state index is -3.51. The summed E-state index contributed by atoms with van der Waals surface area (Å²) in [5.74, 6) is 0.248. The molecular weight excluding hydrogens is 242 g/mol. The van der Waals surface area contributed by atoms with E-state index in [1.807, 2.05) is 30.3 Å². The number of sulfonamides is 1. The number of rotatable bonds is 4. The smallest absolute Gasteiger partial charge is 0.210 e. The molecule has 8 heteroatoms. The first-order valence-electron chi connectivity index (χ1n) is 4.88. The van der Waals surface area contributed by atoms with Crippen LogP contribution in [0.2, 0.25) is 0 Å². The van der Waals surface area contributed by atoms with Gasteiger partial charge in [0, 0.05) is 5.56 Å². The van der Waals surface area contributed by atoms with Crippen LogP contribution in [0.15, 0.2) is 30.3 Å². The van der Waals surface area contributed by atoms with Crippen LogP contribution in [0.4, 0.5) is 0 Å². The van der Waals surface area contributed by atoms with Crippen molar-refractivity contribution in [2.45, 2.75) is 6.54 Å². The summed E-state index contributed by atoms with van der Waals surface area (Å²) < 4.78 is 21.5. The molecule has 0 fully saturated rings. The van der Waals surface area contributed by atoms with Crippen LogP contribution in [0, 0.1) is 0 Å². The fourth-order valence-electron chi connectivity index (χ4n) is 1.25. The molecule has 2 aromatic rings. The van der Waals surface area contributed by atoms with Gasteiger partial charge in [0.25, 0.3) is 0 Å². The molecule has 0 aliphatic heterocycles. The Morgan fingerprint density at radius 3 is 2.59 bits per heavy atom. The van der Waals surface area contributed by atoms with Crippen molar-refractivity contribution in [2.24, 2.45) is 5.14 Å². The molecule has 0 saturated heterocycles. The zero-order valence-electron chi connectivity index (χ0n) is 8.89. The lowest BCUT2D eigenvalue weighted by atomic mass is 10.2. The molecule has 90 valence electrons. The molecule has 0 unspecified atom stereocenters. The Labute approximate surface area is 98.3 Å². The normalized spacial score (nSPS) is 11.6. The summed E-state index contributed by atoms with van der Waals surface area (Å²) in [4.78, 5) is 1.22. The quantitative estimate of drug-likeness (QED) is 0.800. The summed E-state index contributed by atoms with van der Waals surface area (Å²) in [7, 11) is -3.51. The van der Waals surface area contributed by atoms with E-state index in [0.717, 1.165) is 5.56 Å². The van der Waals surface area contributed by atoms with Gasteiger partial charge in [0.05, 0.1) is 12.3 Å². The van der Waals surface area contributed by atoms with Crippen molar-refractivity contribution in [2.75, 3.05) is 5.75 Å². The monoisotopic (exact) mass is 253 g/mol. The number of hydrogen-bond donors (Lipinski definition) is 1. The SMILES string of the molecule is NS(=O)(=O)CCn1nnc(-c2ccccc2)n1. The standard InChI is InChI=1S/C9H11N5O2S/c10-17(15,16)7-6-14-12-9(11-13-14)8-4-2-1-3-5-8/h1-5H,6-7H2,(H2,10,15,16). The lowest BCUT2D eigenvalue weighted by Crippen LogP contribution is -2.21.